The number of nitrogens with one attached hydrogen (secondary N) is 2. The van der Waals surface area contributed by atoms with Crippen molar-refractivity contribution in [3.8, 4) is 5.75 Å². The highest BCUT2D eigenvalue weighted by Crippen LogP contribution is 2.22. The molecular weight excluding hydrogens is 628 g/mol. The van der Waals surface area contributed by atoms with Crippen molar-refractivity contribution < 1.29 is 33.4 Å². The summed E-state index contributed by atoms with van der Waals surface area (Å²) < 4.78 is 17.6. The number of benzene rings is 2. The topological polar surface area (TPSA) is 164 Å². The van der Waals surface area contributed by atoms with Crippen LogP contribution in [0.5, 0.6) is 5.75 Å². The summed E-state index contributed by atoms with van der Waals surface area (Å²) in [6.07, 6.45) is -1.54. The van der Waals surface area contributed by atoms with Gasteiger partial charge in [-0.05, 0) is 50.1 Å². The number of ether oxygens (including phenoxy) is 3. The van der Waals surface area contributed by atoms with Crippen molar-refractivity contribution in [2.75, 3.05) is 7.11 Å². The first-order chi connectivity index (χ1) is 22.3. The van der Waals surface area contributed by atoms with Gasteiger partial charge in [0.05, 0.1) is 30.3 Å². The van der Waals surface area contributed by atoms with E-state index in [9.17, 15) is 28.8 Å². The van der Waals surface area contributed by atoms with E-state index in [0.717, 1.165) is 21.5 Å². The highest BCUT2D eigenvalue weighted by molar-refractivity contribution is 7.20. The van der Waals surface area contributed by atoms with Gasteiger partial charge in [0.1, 0.15) is 28.8 Å². The third-order valence-corrected chi connectivity index (χ3v) is 8.03. The number of nitrogens with zero attached hydrogens (tertiary/aromatic N) is 2. The SMILES string of the molecule is COc1cccc(CNC(=O)c2cc3c(=O)n(CC(=O)C(CC(=O)OC(C)(C)C)NC(=O)OCc4ccccc4)c(=O)n(C)c3s2)c1. The molecule has 2 heterocycles. The molecule has 4 aromatic rings. The number of amides is 2. The second-order valence-electron chi connectivity index (χ2n) is 11.6. The van der Waals surface area contributed by atoms with Crippen molar-refractivity contribution in [3.63, 3.8) is 0 Å². The molecule has 0 radical (unpaired) electrons. The van der Waals surface area contributed by atoms with E-state index in [2.05, 4.69) is 10.6 Å². The van der Waals surface area contributed by atoms with Gasteiger partial charge in [0.2, 0.25) is 0 Å². The monoisotopic (exact) mass is 664 g/mol. The van der Waals surface area contributed by atoms with Gasteiger partial charge in [-0.1, -0.05) is 42.5 Å². The number of carbonyl (C=O) groups is 4. The van der Waals surface area contributed by atoms with E-state index in [-0.39, 0.29) is 28.2 Å². The lowest BCUT2D eigenvalue weighted by Gasteiger charge is -2.22. The van der Waals surface area contributed by atoms with Gasteiger partial charge in [-0.25, -0.2) is 9.59 Å². The molecule has 4 rings (SSSR count). The molecule has 2 amide bonds. The molecule has 13 nitrogen and oxygen atoms in total. The molecule has 0 saturated heterocycles. The van der Waals surface area contributed by atoms with E-state index >= 15 is 0 Å². The Kier molecular flexibility index (Phi) is 11.0. The van der Waals surface area contributed by atoms with Crippen molar-refractivity contribution in [1.82, 2.24) is 19.8 Å². The van der Waals surface area contributed by atoms with E-state index in [1.165, 1.54) is 13.1 Å². The molecular formula is C33H36N4O9S. The van der Waals surface area contributed by atoms with Crippen LogP contribution in [0.2, 0.25) is 0 Å². The number of ketones is 1. The Bertz CT molecular complexity index is 1910. The van der Waals surface area contributed by atoms with Gasteiger partial charge in [0.15, 0.2) is 5.78 Å². The average Bonchev–Trinajstić information content (AvgIpc) is 3.49. The van der Waals surface area contributed by atoms with E-state index in [0.29, 0.717) is 15.9 Å². The lowest BCUT2D eigenvalue weighted by molar-refractivity contribution is -0.156. The lowest BCUT2D eigenvalue weighted by Crippen LogP contribution is -2.48. The number of methoxy groups -OCH3 is 1. The quantitative estimate of drug-likeness (QED) is 0.216. The number of hydrogen-bond acceptors (Lipinski definition) is 10. The zero-order chi connectivity index (χ0) is 34.3. The Hall–Kier alpha value is -5.24. The average molecular weight is 665 g/mol. The van der Waals surface area contributed by atoms with Gasteiger partial charge in [-0.3, -0.25) is 28.3 Å². The normalized spacial score (nSPS) is 11.9. The minimum Gasteiger partial charge on any atom is -0.497 e. The van der Waals surface area contributed by atoms with Crippen molar-refractivity contribution >= 4 is 45.3 Å². The summed E-state index contributed by atoms with van der Waals surface area (Å²) in [6, 6.07) is 15.9. The summed E-state index contributed by atoms with van der Waals surface area (Å²) >= 11 is 0.956. The molecule has 0 saturated carbocycles. The van der Waals surface area contributed by atoms with Crippen LogP contribution >= 0.6 is 11.3 Å². The number of hydrogen-bond donors (Lipinski definition) is 2. The van der Waals surface area contributed by atoms with Gasteiger partial charge in [-0.15, -0.1) is 11.3 Å². The molecule has 2 aromatic heterocycles. The zero-order valence-corrected chi connectivity index (χ0v) is 27.5. The molecule has 0 bridgehead atoms. The largest absolute Gasteiger partial charge is 0.497 e. The fourth-order valence-electron chi connectivity index (χ4n) is 4.56. The summed E-state index contributed by atoms with van der Waals surface area (Å²) in [7, 11) is 2.95. The summed E-state index contributed by atoms with van der Waals surface area (Å²) in [4.78, 5) is 78.9. The molecule has 1 unspecified atom stereocenters. The Morgan fingerprint density at radius 3 is 2.34 bits per heavy atom. The van der Waals surface area contributed by atoms with Crippen LogP contribution in [-0.4, -0.2) is 51.6 Å². The molecule has 1 atom stereocenters. The van der Waals surface area contributed by atoms with Gasteiger partial charge < -0.3 is 24.8 Å². The molecule has 47 heavy (non-hydrogen) atoms. The smallest absolute Gasteiger partial charge is 0.408 e. The van der Waals surface area contributed by atoms with Crippen LogP contribution in [-0.2, 0) is 45.8 Å². The third kappa shape index (κ3) is 9.16. The van der Waals surface area contributed by atoms with E-state index in [1.807, 2.05) is 6.07 Å². The van der Waals surface area contributed by atoms with E-state index in [4.69, 9.17) is 14.2 Å². The Labute approximate surface area is 274 Å². The predicted molar refractivity (Wildman–Crippen MR) is 175 cm³/mol. The number of fused-ring (bicyclic) bond motifs is 1. The number of Topliss-reactive ketones (excluding diaryl/α,β-unsaturated/α-hetero) is 1. The van der Waals surface area contributed by atoms with E-state index < -0.39 is 59.6 Å². The molecule has 0 aliphatic heterocycles. The number of alkyl carbamates (subject to hydrolysis) is 1. The molecule has 0 aliphatic rings. The van der Waals surface area contributed by atoms with Crippen LogP contribution in [0.4, 0.5) is 4.79 Å². The first-order valence-electron chi connectivity index (χ1n) is 14.6. The van der Waals surface area contributed by atoms with Gasteiger partial charge in [0.25, 0.3) is 11.5 Å². The Morgan fingerprint density at radius 1 is 0.957 bits per heavy atom. The summed E-state index contributed by atoms with van der Waals surface area (Å²) in [5.41, 5.74) is -0.991. The fraction of sp³-hybridized carbons (Fsp3) is 0.333. The molecule has 248 valence electrons. The lowest BCUT2D eigenvalue weighted by atomic mass is 10.1. The first kappa shape index (κ1) is 34.6. The van der Waals surface area contributed by atoms with Crippen molar-refractivity contribution in [2.24, 2.45) is 7.05 Å². The fourth-order valence-corrected chi connectivity index (χ4v) is 5.58. The number of carbonyl (C=O) groups excluding carboxylic acids is 4. The number of esters is 1. The minimum absolute atomic E-state index is 0.0513. The second-order valence-corrected chi connectivity index (χ2v) is 12.6. The van der Waals surface area contributed by atoms with Crippen molar-refractivity contribution in [2.45, 2.75) is 58.5 Å². The van der Waals surface area contributed by atoms with Crippen LogP contribution in [0.1, 0.15) is 48.0 Å². The van der Waals surface area contributed by atoms with Crippen molar-refractivity contribution in [3.05, 3.63) is 97.5 Å². The van der Waals surface area contributed by atoms with Crippen LogP contribution in [0.3, 0.4) is 0 Å². The first-order valence-corrected chi connectivity index (χ1v) is 15.4. The molecule has 0 aliphatic carbocycles. The maximum atomic E-state index is 13.5. The number of thiophene rings is 1. The van der Waals surface area contributed by atoms with Crippen molar-refractivity contribution in [1.29, 1.82) is 0 Å². The van der Waals surface area contributed by atoms with Gasteiger partial charge in [-0.2, -0.15) is 0 Å². The van der Waals surface area contributed by atoms with Crippen LogP contribution in [0, 0.1) is 0 Å². The minimum atomic E-state index is -1.47. The Balaban J connectivity index is 1.55. The van der Waals surface area contributed by atoms with Crippen LogP contribution < -0.4 is 26.6 Å². The number of rotatable bonds is 12. The Morgan fingerprint density at radius 2 is 1.66 bits per heavy atom. The van der Waals surface area contributed by atoms with Crippen LogP contribution in [0.25, 0.3) is 10.2 Å². The highest BCUT2D eigenvalue weighted by Gasteiger charge is 2.29. The summed E-state index contributed by atoms with van der Waals surface area (Å²) in [5, 5.41) is 5.21. The van der Waals surface area contributed by atoms with Gasteiger partial charge >= 0.3 is 17.8 Å². The molecule has 2 aromatic carbocycles. The van der Waals surface area contributed by atoms with E-state index in [1.54, 1.807) is 76.4 Å². The highest BCUT2D eigenvalue weighted by atomic mass is 32.1. The predicted octanol–water partition coefficient (Wildman–Crippen LogP) is 3.30. The standard InChI is InChI=1S/C33H36N4O9S/c1-33(2,3)46-27(39)16-24(35-31(42)45-19-20-10-7-6-8-11-20)25(38)18-37-29(41)23-15-26(47-30(23)36(4)32(37)43)28(40)34-17-21-12-9-13-22(14-21)44-5/h6-15,24H,16-19H2,1-5H3,(H,34,40)(H,35,42). The molecule has 14 heteroatoms. The summed E-state index contributed by atoms with van der Waals surface area (Å²) in [5.74, 6) is -1.41. The molecule has 2 N–H and O–H groups in total. The maximum Gasteiger partial charge on any atom is 0.408 e. The number of aryl methyl sites for hydroxylation is 1. The molecule has 0 spiro atoms. The summed E-state index contributed by atoms with van der Waals surface area (Å²) in [6.45, 7) is 4.29. The zero-order valence-electron chi connectivity index (χ0n) is 26.7. The third-order valence-electron chi connectivity index (χ3n) is 6.82. The molecule has 0 fully saturated rings. The van der Waals surface area contributed by atoms with Crippen LogP contribution in [0.15, 0.2) is 70.3 Å². The van der Waals surface area contributed by atoms with Gasteiger partial charge in [0, 0.05) is 13.6 Å². The number of aromatic nitrogens is 2. The maximum absolute atomic E-state index is 13.5. The second kappa shape index (κ2) is 14.9.